The van der Waals surface area contributed by atoms with Gasteiger partial charge in [0.25, 0.3) is 5.91 Å². The van der Waals surface area contributed by atoms with Gasteiger partial charge >= 0.3 is 0 Å². The van der Waals surface area contributed by atoms with Crippen LogP contribution in [0.3, 0.4) is 0 Å². The van der Waals surface area contributed by atoms with Crippen LogP contribution in [0.2, 0.25) is 0 Å². The smallest absolute Gasteiger partial charge is 0.273 e. The number of carbonyl (C=O) groups excluding carboxylic acids is 1. The van der Waals surface area contributed by atoms with Gasteiger partial charge < -0.3 is 23.9 Å². The first kappa shape index (κ1) is 25.6. The molecule has 3 heterocycles. The first-order valence-corrected chi connectivity index (χ1v) is 12.4. The summed E-state index contributed by atoms with van der Waals surface area (Å²) in [6.07, 6.45) is 1.45. The van der Waals surface area contributed by atoms with Crippen LogP contribution in [0.5, 0.6) is 5.75 Å². The van der Waals surface area contributed by atoms with Crippen molar-refractivity contribution in [1.29, 1.82) is 0 Å². The Balaban J connectivity index is 1.32. The van der Waals surface area contributed by atoms with Crippen molar-refractivity contribution >= 4 is 5.91 Å². The molecule has 35 heavy (non-hydrogen) atoms. The number of carbonyl (C=O) groups is 1. The number of morpholine rings is 2. The van der Waals surface area contributed by atoms with Gasteiger partial charge in [0.05, 0.1) is 40.1 Å². The Morgan fingerprint density at radius 2 is 1.77 bits per heavy atom. The highest BCUT2D eigenvalue weighted by atomic mass is 16.5. The molecule has 0 aliphatic carbocycles. The van der Waals surface area contributed by atoms with E-state index < -0.39 is 0 Å². The van der Waals surface area contributed by atoms with Crippen LogP contribution in [0, 0.1) is 0 Å². The molecule has 1 amide bonds. The van der Waals surface area contributed by atoms with Crippen molar-refractivity contribution in [2.24, 2.45) is 0 Å². The lowest BCUT2D eigenvalue weighted by molar-refractivity contribution is 0.0320. The predicted octanol–water partition coefficient (Wildman–Crippen LogP) is 1.08. The van der Waals surface area contributed by atoms with Crippen LogP contribution in [-0.4, -0.2) is 111 Å². The maximum Gasteiger partial charge on any atom is 0.273 e. The summed E-state index contributed by atoms with van der Waals surface area (Å²) in [4.78, 5) is 24.0. The van der Waals surface area contributed by atoms with Crippen LogP contribution in [0.4, 0.5) is 0 Å². The average molecular weight is 488 g/mol. The molecule has 192 valence electrons. The van der Waals surface area contributed by atoms with E-state index in [9.17, 15) is 4.79 Å². The molecule has 10 nitrogen and oxygen atoms in total. The molecule has 2 fully saturated rings. The Morgan fingerprint density at radius 3 is 2.49 bits per heavy atom. The van der Waals surface area contributed by atoms with Gasteiger partial charge in [-0.05, 0) is 17.7 Å². The van der Waals surface area contributed by atoms with Crippen molar-refractivity contribution in [2.75, 3.05) is 85.9 Å². The van der Waals surface area contributed by atoms with Gasteiger partial charge in [0.15, 0.2) is 5.69 Å². The second-order valence-corrected chi connectivity index (χ2v) is 8.85. The van der Waals surface area contributed by atoms with E-state index in [0.29, 0.717) is 24.7 Å². The van der Waals surface area contributed by atoms with Gasteiger partial charge in [0.1, 0.15) is 12.0 Å². The Labute approximate surface area is 207 Å². The largest absolute Gasteiger partial charge is 0.497 e. The molecule has 1 aromatic carbocycles. The summed E-state index contributed by atoms with van der Waals surface area (Å²) in [7, 11) is 1.68. The maximum absolute atomic E-state index is 12.6. The van der Waals surface area contributed by atoms with Gasteiger partial charge in [-0.25, -0.2) is 4.98 Å². The average Bonchev–Trinajstić information content (AvgIpc) is 3.37. The lowest BCUT2D eigenvalue weighted by Gasteiger charge is -2.29. The lowest BCUT2D eigenvalue weighted by Crippen LogP contribution is -2.41. The van der Waals surface area contributed by atoms with Crippen molar-refractivity contribution in [1.82, 2.24) is 25.0 Å². The van der Waals surface area contributed by atoms with Gasteiger partial charge in [0.2, 0.25) is 5.89 Å². The summed E-state index contributed by atoms with van der Waals surface area (Å²) in [6.45, 7) is 11.1. The monoisotopic (exact) mass is 487 g/mol. The first-order chi connectivity index (χ1) is 17.2. The molecule has 4 rings (SSSR count). The number of amides is 1. The van der Waals surface area contributed by atoms with Gasteiger partial charge in [-0.2, -0.15) is 0 Å². The number of oxazole rings is 1. The van der Waals surface area contributed by atoms with Crippen LogP contribution in [0.1, 0.15) is 21.9 Å². The summed E-state index contributed by atoms with van der Waals surface area (Å²) >= 11 is 0. The number of aromatic nitrogens is 1. The third kappa shape index (κ3) is 8.29. The maximum atomic E-state index is 12.6. The van der Waals surface area contributed by atoms with Gasteiger partial charge in [0, 0.05) is 58.9 Å². The fourth-order valence-corrected chi connectivity index (χ4v) is 4.27. The van der Waals surface area contributed by atoms with E-state index >= 15 is 0 Å². The number of hydrogen-bond donors (Lipinski definition) is 1. The summed E-state index contributed by atoms with van der Waals surface area (Å²) in [5.41, 5.74) is 1.47. The number of nitrogens with one attached hydrogen (secondary N) is 1. The SMILES string of the molecule is COc1cccc(CN(CCN2CCOCC2)Cc2nc(C(=O)NCCN3CCOCC3)co2)c1. The molecule has 2 aromatic rings. The number of benzene rings is 1. The van der Waals surface area contributed by atoms with Crippen molar-refractivity contribution in [3.8, 4) is 5.75 Å². The van der Waals surface area contributed by atoms with Crippen LogP contribution in [-0.2, 0) is 22.6 Å². The lowest BCUT2D eigenvalue weighted by atomic mass is 10.2. The Bertz CT molecular complexity index is 911. The fourth-order valence-electron chi connectivity index (χ4n) is 4.27. The number of nitrogens with zero attached hydrogens (tertiary/aromatic N) is 4. The zero-order chi connectivity index (χ0) is 24.3. The zero-order valence-electron chi connectivity index (χ0n) is 20.6. The zero-order valence-corrected chi connectivity index (χ0v) is 20.6. The van der Waals surface area contributed by atoms with Crippen LogP contribution >= 0.6 is 0 Å². The fraction of sp³-hybridized carbons (Fsp3) is 0.600. The van der Waals surface area contributed by atoms with Gasteiger partial charge in [-0.3, -0.25) is 19.5 Å². The minimum absolute atomic E-state index is 0.207. The van der Waals surface area contributed by atoms with E-state index in [0.717, 1.165) is 90.1 Å². The number of ether oxygens (including phenoxy) is 3. The highest BCUT2D eigenvalue weighted by molar-refractivity contribution is 5.91. The van der Waals surface area contributed by atoms with E-state index in [1.165, 1.54) is 6.26 Å². The number of methoxy groups -OCH3 is 1. The van der Waals surface area contributed by atoms with E-state index in [1.54, 1.807) is 7.11 Å². The molecule has 0 unspecified atom stereocenters. The highest BCUT2D eigenvalue weighted by Gasteiger charge is 2.18. The second-order valence-electron chi connectivity index (χ2n) is 8.85. The molecular formula is C25H37N5O5. The van der Waals surface area contributed by atoms with Crippen LogP contribution in [0.25, 0.3) is 0 Å². The van der Waals surface area contributed by atoms with E-state index in [4.69, 9.17) is 18.6 Å². The summed E-state index contributed by atoms with van der Waals surface area (Å²) in [5, 5.41) is 2.94. The molecule has 0 atom stereocenters. The summed E-state index contributed by atoms with van der Waals surface area (Å²) < 4.78 is 21.9. The molecule has 2 saturated heterocycles. The standard InChI is InChI=1S/C25H37N5O5/c1-32-22-4-2-3-21(17-22)18-30(8-7-29-11-15-34-16-12-29)19-24-27-23(20-35-24)25(31)26-5-6-28-9-13-33-14-10-28/h2-4,17,20H,5-16,18-19H2,1H3,(H,26,31). The predicted molar refractivity (Wildman–Crippen MR) is 130 cm³/mol. The third-order valence-electron chi connectivity index (χ3n) is 6.34. The first-order valence-electron chi connectivity index (χ1n) is 12.4. The minimum Gasteiger partial charge on any atom is -0.497 e. The second kappa shape index (κ2) is 13.6. The number of hydrogen-bond acceptors (Lipinski definition) is 9. The molecule has 0 radical (unpaired) electrons. The van der Waals surface area contributed by atoms with Gasteiger partial charge in [-0.15, -0.1) is 0 Å². The van der Waals surface area contributed by atoms with Crippen molar-refractivity contribution < 1.29 is 23.4 Å². The molecule has 2 aliphatic rings. The molecule has 2 aliphatic heterocycles. The van der Waals surface area contributed by atoms with Crippen molar-refractivity contribution in [3.63, 3.8) is 0 Å². The minimum atomic E-state index is -0.207. The van der Waals surface area contributed by atoms with Crippen molar-refractivity contribution in [3.05, 3.63) is 47.7 Å². The molecule has 0 spiro atoms. The normalized spacial score (nSPS) is 17.5. The Morgan fingerprint density at radius 1 is 1.06 bits per heavy atom. The topological polar surface area (TPSA) is 92.5 Å². The third-order valence-corrected chi connectivity index (χ3v) is 6.34. The molecule has 1 aromatic heterocycles. The summed E-state index contributed by atoms with van der Waals surface area (Å²) in [6, 6.07) is 8.08. The van der Waals surface area contributed by atoms with E-state index in [2.05, 4.69) is 31.1 Å². The van der Waals surface area contributed by atoms with Crippen LogP contribution < -0.4 is 10.1 Å². The van der Waals surface area contributed by atoms with Crippen LogP contribution in [0.15, 0.2) is 34.9 Å². The van der Waals surface area contributed by atoms with Gasteiger partial charge in [-0.1, -0.05) is 12.1 Å². The molecular weight excluding hydrogens is 450 g/mol. The molecule has 0 saturated carbocycles. The summed E-state index contributed by atoms with van der Waals surface area (Å²) in [5.74, 6) is 1.16. The van der Waals surface area contributed by atoms with E-state index in [1.807, 2.05) is 18.2 Å². The van der Waals surface area contributed by atoms with E-state index in [-0.39, 0.29) is 5.91 Å². The number of rotatable bonds is 12. The highest BCUT2D eigenvalue weighted by Crippen LogP contribution is 2.16. The molecule has 0 bridgehead atoms. The Hall–Kier alpha value is -2.50. The molecule has 10 heteroatoms. The van der Waals surface area contributed by atoms with Crippen molar-refractivity contribution in [2.45, 2.75) is 13.1 Å². The Kier molecular flexibility index (Phi) is 9.91. The molecule has 1 N–H and O–H groups in total. The quantitative estimate of drug-likeness (QED) is 0.472.